The molecule has 0 bridgehead atoms. The van der Waals surface area contributed by atoms with E-state index in [4.69, 9.17) is 8.92 Å². The van der Waals surface area contributed by atoms with Crippen molar-refractivity contribution in [1.82, 2.24) is 0 Å². The molecule has 0 spiro atoms. The number of carbonyl (C=O) groups is 1. The molecular formula is C14H20O6S. The lowest BCUT2D eigenvalue weighted by Crippen LogP contribution is -2.30. The van der Waals surface area contributed by atoms with Crippen molar-refractivity contribution in [2.24, 2.45) is 0 Å². The van der Waals surface area contributed by atoms with Crippen molar-refractivity contribution >= 4 is 16.1 Å². The SMILES string of the molecule is CCCOc1ccc(CC(OS(C)(=O)=O)C(=O)OC)cc1. The van der Waals surface area contributed by atoms with Gasteiger partial charge in [0.15, 0.2) is 6.10 Å². The van der Waals surface area contributed by atoms with E-state index in [1.807, 2.05) is 6.92 Å². The van der Waals surface area contributed by atoms with Gasteiger partial charge in [-0.05, 0) is 24.1 Å². The second-order valence-electron chi connectivity index (χ2n) is 4.51. The monoisotopic (exact) mass is 316 g/mol. The standard InChI is InChI=1S/C14H20O6S/c1-4-9-19-12-7-5-11(6-8-12)10-13(14(15)18-2)20-21(3,16)17/h5-8,13H,4,9-10H2,1-3H3. The van der Waals surface area contributed by atoms with Gasteiger partial charge in [-0.2, -0.15) is 8.42 Å². The van der Waals surface area contributed by atoms with Crippen LogP contribution in [0.15, 0.2) is 24.3 Å². The molecule has 0 heterocycles. The van der Waals surface area contributed by atoms with Crippen molar-refractivity contribution in [2.75, 3.05) is 20.0 Å². The van der Waals surface area contributed by atoms with Crippen LogP contribution in [0.5, 0.6) is 5.75 Å². The molecule has 1 aromatic rings. The number of rotatable bonds is 8. The van der Waals surface area contributed by atoms with Gasteiger partial charge in [0.25, 0.3) is 10.1 Å². The second kappa shape index (κ2) is 7.99. The number of benzene rings is 1. The normalized spacial score (nSPS) is 12.7. The van der Waals surface area contributed by atoms with Crippen LogP contribution in [0.25, 0.3) is 0 Å². The molecule has 0 aromatic heterocycles. The molecule has 0 aliphatic carbocycles. The van der Waals surface area contributed by atoms with Gasteiger partial charge in [-0.15, -0.1) is 0 Å². The first-order chi connectivity index (χ1) is 9.85. The zero-order valence-electron chi connectivity index (χ0n) is 12.4. The van der Waals surface area contributed by atoms with Crippen LogP contribution in [0.2, 0.25) is 0 Å². The minimum absolute atomic E-state index is 0.105. The summed E-state index contributed by atoms with van der Waals surface area (Å²) in [5, 5.41) is 0. The van der Waals surface area contributed by atoms with Gasteiger partial charge in [-0.1, -0.05) is 19.1 Å². The number of ether oxygens (including phenoxy) is 2. The van der Waals surface area contributed by atoms with Crippen LogP contribution >= 0.6 is 0 Å². The van der Waals surface area contributed by atoms with Crippen LogP contribution in [0.1, 0.15) is 18.9 Å². The van der Waals surface area contributed by atoms with Crippen LogP contribution in [0.3, 0.4) is 0 Å². The van der Waals surface area contributed by atoms with Crippen LogP contribution in [-0.4, -0.2) is 40.5 Å². The van der Waals surface area contributed by atoms with Crippen molar-refractivity contribution < 1.29 is 26.9 Å². The van der Waals surface area contributed by atoms with E-state index in [2.05, 4.69) is 4.74 Å². The summed E-state index contributed by atoms with van der Waals surface area (Å²) >= 11 is 0. The van der Waals surface area contributed by atoms with E-state index in [1.165, 1.54) is 7.11 Å². The molecule has 21 heavy (non-hydrogen) atoms. The molecule has 0 aliphatic heterocycles. The molecule has 1 aromatic carbocycles. The number of esters is 1. The van der Waals surface area contributed by atoms with E-state index < -0.39 is 22.2 Å². The lowest BCUT2D eigenvalue weighted by Gasteiger charge is -2.14. The van der Waals surface area contributed by atoms with Gasteiger partial charge in [-0.3, -0.25) is 4.18 Å². The van der Waals surface area contributed by atoms with E-state index in [-0.39, 0.29) is 6.42 Å². The second-order valence-corrected chi connectivity index (χ2v) is 6.11. The first-order valence-corrected chi connectivity index (χ1v) is 8.35. The molecule has 0 saturated heterocycles. The van der Waals surface area contributed by atoms with Gasteiger partial charge in [-0.25, -0.2) is 4.79 Å². The number of hydrogen-bond acceptors (Lipinski definition) is 6. The Morgan fingerprint density at radius 1 is 1.24 bits per heavy atom. The lowest BCUT2D eigenvalue weighted by atomic mass is 10.1. The summed E-state index contributed by atoms with van der Waals surface area (Å²) in [6.45, 7) is 2.64. The third kappa shape index (κ3) is 6.59. The highest BCUT2D eigenvalue weighted by atomic mass is 32.2. The number of carbonyl (C=O) groups excluding carboxylic acids is 1. The average molecular weight is 316 g/mol. The maximum Gasteiger partial charge on any atom is 0.336 e. The molecule has 1 unspecified atom stereocenters. The largest absolute Gasteiger partial charge is 0.494 e. The Balaban J connectivity index is 2.76. The van der Waals surface area contributed by atoms with E-state index in [9.17, 15) is 13.2 Å². The van der Waals surface area contributed by atoms with Gasteiger partial charge in [0.05, 0.1) is 20.0 Å². The first-order valence-electron chi connectivity index (χ1n) is 6.53. The van der Waals surface area contributed by atoms with Crippen LogP contribution < -0.4 is 4.74 Å². The Morgan fingerprint density at radius 2 is 1.86 bits per heavy atom. The van der Waals surface area contributed by atoms with Gasteiger partial charge < -0.3 is 9.47 Å². The summed E-state index contributed by atoms with van der Waals surface area (Å²) in [6, 6.07) is 7.04. The minimum atomic E-state index is -3.74. The Labute approximate surface area is 125 Å². The molecule has 1 atom stereocenters. The summed E-state index contributed by atoms with van der Waals surface area (Å²) in [5.41, 5.74) is 0.748. The smallest absolute Gasteiger partial charge is 0.336 e. The van der Waals surface area contributed by atoms with Crippen molar-refractivity contribution in [1.29, 1.82) is 0 Å². The summed E-state index contributed by atoms with van der Waals surface area (Å²) < 4.78 is 37.1. The highest BCUT2D eigenvalue weighted by molar-refractivity contribution is 7.86. The molecule has 0 saturated carbocycles. The van der Waals surface area contributed by atoms with Crippen molar-refractivity contribution in [2.45, 2.75) is 25.9 Å². The fourth-order valence-electron chi connectivity index (χ4n) is 1.65. The van der Waals surface area contributed by atoms with Crippen LogP contribution in [-0.2, 0) is 30.3 Å². The molecule has 0 radical (unpaired) electrons. The van der Waals surface area contributed by atoms with Gasteiger partial charge in [0.1, 0.15) is 5.75 Å². The minimum Gasteiger partial charge on any atom is -0.494 e. The third-order valence-electron chi connectivity index (χ3n) is 2.57. The molecule has 0 amide bonds. The Morgan fingerprint density at radius 3 is 2.33 bits per heavy atom. The van der Waals surface area contributed by atoms with Crippen molar-refractivity contribution in [3.05, 3.63) is 29.8 Å². The fourth-order valence-corrected chi connectivity index (χ4v) is 2.22. The van der Waals surface area contributed by atoms with E-state index in [0.717, 1.165) is 24.0 Å². The summed E-state index contributed by atoms with van der Waals surface area (Å²) in [4.78, 5) is 11.6. The van der Waals surface area contributed by atoms with Crippen molar-refractivity contribution in [3.63, 3.8) is 0 Å². The maximum atomic E-state index is 11.6. The quantitative estimate of drug-likeness (QED) is 0.534. The topological polar surface area (TPSA) is 78.9 Å². The fraction of sp³-hybridized carbons (Fsp3) is 0.500. The Bertz CT molecular complexity index is 549. The molecule has 7 heteroatoms. The highest BCUT2D eigenvalue weighted by Gasteiger charge is 2.25. The van der Waals surface area contributed by atoms with E-state index in [0.29, 0.717) is 6.61 Å². The average Bonchev–Trinajstić information content (AvgIpc) is 2.43. The molecule has 6 nitrogen and oxygen atoms in total. The Hall–Kier alpha value is -1.60. The maximum absolute atomic E-state index is 11.6. The van der Waals surface area contributed by atoms with Gasteiger partial charge >= 0.3 is 5.97 Å². The van der Waals surface area contributed by atoms with Crippen LogP contribution in [0.4, 0.5) is 0 Å². The van der Waals surface area contributed by atoms with Gasteiger partial charge in [0, 0.05) is 6.42 Å². The van der Waals surface area contributed by atoms with E-state index >= 15 is 0 Å². The summed E-state index contributed by atoms with van der Waals surface area (Å²) in [7, 11) is -2.56. The predicted molar refractivity (Wildman–Crippen MR) is 77.7 cm³/mol. The van der Waals surface area contributed by atoms with E-state index in [1.54, 1.807) is 24.3 Å². The summed E-state index contributed by atoms with van der Waals surface area (Å²) in [5.74, 6) is -0.00835. The zero-order chi connectivity index (χ0) is 15.9. The molecule has 118 valence electrons. The first kappa shape index (κ1) is 17.5. The Kier molecular flexibility index (Phi) is 6.64. The molecule has 0 fully saturated rings. The third-order valence-corrected chi connectivity index (χ3v) is 3.15. The highest BCUT2D eigenvalue weighted by Crippen LogP contribution is 2.15. The number of hydrogen-bond donors (Lipinski definition) is 0. The summed E-state index contributed by atoms with van der Waals surface area (Å²) in [6.07, 6.45) is 0.722. The van der Waals surface area contributed by atoms with Crippen LogP contribution in [0, 0.1) is 0 Å². The number of methoxy groups -OCH3 is 1. The molecule has 1 rings (SSSR count). The molecule has 0 N–H and O–H groups in total. The zero-order valence-corrected chi connectivity index (χ0v) is 13.2. The van der Waals surface area contributed by atoms with Crippen molar-refractivity contribution in [3.8, 4) is 5.75 Å². The predicted octanol–water partition coefficient (Wildman–Crippen LogP) is 1.54. The lowest BCUT2D eigenvalue weighted by molar-refractivity contribution is -0.148. The molecular weight excluding hydrogens is 296 g/mol. The van der Waals surface area contributed by atoms with Gasteiger partial charge in [0.2, 0.25) is 0 Å². The molecule has 0 aliphatic rings.